The van der Waals surface area contributed by atoms with Gasteiger partial charge in [-0.1, -0.05) is 219 Å². The SMILES string of the molecule is CCCCCCCC/C=C\CCCCCCCCCC(=O)OC(COC(=O)CCCCCCCCCCCCCCCCCCCCCCC)COP(=O)(O)OCCNC. The van der Waals surface area contributed by atoms with E-state index in [-0.39, 0.29) is 25.6 Å². The molecule has 0 bridgehead atoms. The van der Waals surface area contributed by atoms with Gasteiger partial charge in [-0.25, -0.2) is 4.57 Å². The second-order valence-electron chi connectivity index (χ2n) is 17.4. The van der Waals surface area contributed by atoms with Gasteiger partial charge in [0.1, 0.15) is 6.61 Å². The summed E-state index contributed by atoms with van der Waals surface area (Å²) in [6.45, 7) is 4.27. The zero-order valence-corrected chi connectivity index (χ0v) is 40.6. The predicted molar refractivity (Wildman–Crippen MR) is 252 cm³/mol. The fraction of sp³-hybridized carbons (Fsp3) is 0.920. The Bertz CT molecular complexity index is 995. The Hall–Kier alpha value is -1.25. The Morgan fingerprint density at radius 3 is 1.23 bits per heavy atom. The van der Waals surface area contributed by atoms with Crippen molar-refractivity contribution in [3.05, 3.63) is 12.2 Å². The van der Waals surface area contributed by atoms with Crippen LogP contribution in [0.1, 0.15) is 258 Å². The largest absolute Gasteiger partial charge is 0.472 e. The maximum Gasteiger partial charge on any atom is 0.472 e. The van der Waals surface area contributed by atoms with Gasteiger partial charge in [0.05, 0.1) is 13.2 Å². The molecule has 0 aromatic carbocycles. The van der Waals surface area contributed by atoms with Crippen molar-refractivity contribution in [2.24, 2.45) is 0 Å². The molecule has 0 fully saturated rings. The van der Waals surface area contributed by atoms with Crippen LogP contribution >= 0.6 is 7.82 Å². The van der Waals surface area contributed by atoms with Crippen molar-refractivity contribution < 1.29 is 37.6 Å². The number of ether oxygens (including phenoxy) is 2. The van der Waals surface area contributed by atoms with Crippen LogP contribution in [0, 0.1) is 0 Å². The molecule has 0 aliphatic heterocycles. The summed E-state index contributed by atoms with van der Waals surface area (Å²) in [7, 11) is -2.64. The Balaban J connectivity index is 4.07. The Labute approximate surface area is 371 Å². The minimum absolute atomic E-state index is 0.0143. The Kier molecular flexibility index (Phi) is 46.3. The Morgan fingerprint density at radius 2 is 0.850 bits per heavy atom. The first-order valence-corrected chi connectivity index (χ1v) is 27.1. The molecule has 0 heterocycles. The predicted octanol–water partition coefficient (Wildman–Crippen LogP) is 15.2. The van der Waals surface area contributed by atoms with Crippen LogP contribution in [-0.2, 0) is 32.7 Å². The van der Waals surface area contributed by atoms with Crippen LogP contribution in [0.2, 0.25) is 0 Å². The van der Waals surface area contributed by atoms with Gasteiger partial charge in [-0.2, -0.15) is 0 Å². The lowest BCUT2D eigenvalue weighted by atomic mass is 10.0. The van der Waals surface area contributed by atoms with Gasteiger partial charge in [-0.05, 0) is 45.6 Å². The Morgan fingerprint density at radius 1 is 0.500 bits per heavy atom. The molecular weight excluding hydrogens is 774 g/mol. The number of carbonyl (C=O) groups is 2. The van der Waals surface area contributed by atoms with Crippen LogP contribution in [0.25, 0.3) is 0 Å². The highest BCUT2D eigenvalue weighted by atomic mass is 31.2. The number of rotatable bonds is 49. The van der Waals surface area contributed by atoms with Crippen LogP contribution in [-0.4, -0.2) is 56.3 Å². The number of allylic oxidation sites excluding steroid dienone is 2. The van der Waals surface area contributed by atoms with Crippen LogP contribution < -0.4 is 5.32 Å². The first kappa shape index (κ1) is 58.8. The van der Waals surface area contributed by atoms with Crippen LogP contribution in [0.3, 0.4) is 0 Å². The highest BCUT2D eigenvalue weighted by Crippen LogP contribution is 2.43. The van der Waals surface area contributed by atoms with Crippen molar-refractivity contribution in [3.63, 3.8) is 0 Å². The molecule has 0 saturated heterocycles. The van der Waals surface area contributed by atoms with Gasteiger partial charge < -0.3 is 19.7 Å². The highest BCUT2D eigenvalue weighted by Gasteiger charge is 2.26. The lowest BCUT2D eigenvalue weighted by Crippen LogP contribution is -2.29. The molecule has 0 aromatic rings. The van der Waals surface area contributed by atoms with Crippen LogP contribution in [0.5, 0.6) is 0 Å². The molecule has 60 heavy (non-hydrogen) atoms. The molecule has 9 nitrogen and oxygen atoms in total. The first-order chi connectivity index (χ1) is 29.3. The van der Waals surface area contributed by atoms with E-state index in [1.807, 2.05) is 0 Å². The molecular formula is C50H98NO8P. The van der Waals surface area contributed by atoms with Gasteiger partial charge in [0.2, 0.25) is 0 Å². The molecule has 10 heteroatoms. The molecule has 0 spiro atoms. The first-order valence-electron chi connectivity index (χ1n) is 25.6. The number of unbranched alkanes of at least 4 members (excludes halogenated alkanes) is 33. The zero-order valence-electron chi connectivity index (χ0n) is 39.7. The number of carbonyl (C=O) groups excluding carboxylic acids is 2. The quantitative estimate of drug-likeness (QED) is 0.0266. The summed E-state index contributed by atoms with van der Waals surface area (Å²) in [5, 5.41) is 2.83. The van der Waals surface area contributed by atoms with E-state index in [9.17, 15) is 19.0 Å². The van der Waals surface area contributed by atoms with Gasteiger partial charge in [0.25, 0.3) is 0 Å². The smallest absolute Gasteiger partial charge is 0.462 e. The molecule has 0 radical (unpaired) electrons. The summed E-state index contributed by atoms with van der Waals surface area (Å²) in [5.74, 6) is -0.795. The van der Waals surface area contributed by atoms with E-state index in [2.05, 4.69) is 31.3 Å². The minimum Gasteiger partial charge on any atom is -0.462 e. The third kappa shape index (κ3) is 46.3. The molecule has 2 atom stereocenters. The average molecular weight is 872 g/mol. The molecule has 0 rings (SSSR count). The van der Waals surface area contributed by atoms with Gasteiger partial charge in [-0.15, -0.1) is 0 Å². The number of phosphoric acid groups is 1. The van der Waals surface area contributed by atoms with E-state index in [1.165, 1.54) is 180 Å². The fourth-order valence-electron chi connectivity index (χ4n) is 7.49. The van der Waals surface area contributed by atoms with Crippen molar-refractivity contribution >= 4 is 19.8 Å². The normalized spacial score (nSPS) is 13.2. The highest BCUT2D eigenvalue weighted by molar-refractivity contribution is 7.47. The maximum absolute atomic E-state index is 12.7. The lowest BCUT2D eigenvalue weighted by Gasteiger charge is -2.20. The van der Waals surface area contributed by atoms with Gasteiger partial charge in [0.15, 0.2) is 6.10 Å². The summed E-state index contributed by atoms with van der Waals surface area (Å²) in [6.07, 6.45) is 49.8. The van der Waals surface area contributed by atoms with E-state index in [4.69, 9.17) is 18.5 Å². The van der Waals surface area contributed by atoms with Crippen molar-refractivity contribution in [2.45, 2.75) is 264 Å². The van der Waals surface area contributed by atoms with E-state index in [1.54, 1.807) is 7.05 Å². The summed E-state index contributed by atoms with van der Waals surface area (Å²) in [4.78, 5) is 35.2. The lowest BCUT2D eigenvalue weighted by molar-refractivity contribution is -0.161. The average Bonchev–Trinajstić information content (AvgIpc) is 3.23. The summed E-state index contributed by atoms with van der Waals surface area (Å²) < 4.78 is 33.3. The van der Waals surface area contributed by atoms with Crippen molar-refractivity contribution in [2.75, 3.05) is 33.4 Å². The number of phosphoric ester groups is 1. The minimum atomic E-state index is -4.35. The van der Waals surface area contributed by atoms with Crippen molar-refractivity contribution in [1.82, 2.24) is 5.32 Å². The van der Waals surface area contributed by atoms with Crippen LogP contribution in [0.4, 0.5) is 0 Å². The third-order valence-electron chi connectivity index (χ3n) is 11.4. The van der Waals surface area contributed by atoms with E-state index in [0.717, 1.165) is 44.9 Å². The molecule has 0 aliphatic rings. The molecule has 0 amide bonds. The molecule has 2 unspecified atom stereocenters. The number of nitrogens with one attached hydrogen (secondary N) is 1. The standard InChI is InChI=1S/C50H98NO8P/c1-4-6-8-10-12-14-16-18-20-22-23-24-25-27-28-30-32-34-36-38-40-42-49(52)56-46-48(47-58-60(54,55)57-45-44-51-3)59-50(53)43-41-39-37-35-33-31-29-26-21-19-17-15-13-11-9-7-5-2/h19,21,48,51H,4-18,20,22-47H2,1-3H3,(H,54,55)/b21-19-. The van der Waals surface area contributed by atoms with Gasteiger partial charge in [0, 0.05) is 19.4 Å². The topological polar surface area (TPSA) is 120 Å². The van der Waals surface area contributed by atoms with Crippen molar-refractivity contribution in [1.29, 1.82) is 0 Å². The maximum atomic E-state index is 12.7. The zero-order chi connectivity index (χ0) is 43.9. The van der Waals surface area contributed by atoms with E-state index >= 15 is 0 Å². The number of likely N-dealkylation sites (N-methyl/N-ethyl adjacent to an activating group) is 1. The van der Waals surface area contributed by atoms with E-state index in [0.29, 0.717) is 19.4 Å². The molecule has 0 saturated carbocycles. The number of hydrogen-bond acceptors (Lipinski definition) is 8. The molecule has 0 aliphatic carbocycles. The summed E-state index contributed by atoms with van der Waals surface area (Å²) in [5.41, 5.74) is 0. The molecule has 0 aromatic heterocycles. The third-order valence-corrected chi connectivity index (χ3v) is 12.4. The summed E-state index contributed by atoms with van der Waals surface area (Å²) >= 11 is 0. The number of hydrogen-bond donors (Lipinski definition) is 2. The second-order valence-corrected chi connectivity index (χ2v) is 18.8. The van der Waals surface area contributed by atoms with Crippen LogP contribution in [0.15, 0.2) is 12.2 Å². The van der Waals surface area contributed by atoms with Gasteiger partial charge in [-0.3, -0.25) is 18.6 Å². The summed E-state index contributed by atoms with van der Waals surface area (Å²) in [6, 6.07) is 0. The van der Waals surface area contributed by atoms with Crippen molar-refractivity contribution in [3.8, 4) is 0 Å². The number of esters is 2. The molecule has 2 N–H and O–H groups in total. The monoisotopic (exact) mass is 872 g/mol. The fourth-order valence-corrected chi connectivity index (χ4v) is 8.24. The molecule has 356 valence electrons. The van der Waals surface area contributed by atoms with E-state index < -0.39 is 26.5 Å². The second kappa shape index (κ2) is 47.2. The van der Waals surface area contributed by atoms with Gasteiger partial charge >= 0.3 is 19.8 Å².